The second-order valence-electron chi connectivity index (χ2n) is 5.44. The van der Waals surface area contributed by atoms with Gasteiger partial charge in [-0.2, -0.15) is 0 Å². The second kappa shape index (κ2) is 6.36. The van der Waals surface area contributed by atoms with Crippen LogP contribution < -0.4 is 10.6 Å². The number of carbonyl (C=O) groups is 1. The maximum atomic E-state index is 11.6. The summed E-state index contributed by atoms with van der Waals surface area (Å²) in [5.74, 6) is 0.788. The van der Waals surface area contributed by atoms with E-state index in [1.54, 1.807) is 0 Å². The molecule has 0 aromatic carbocycles. The first kappa shape index (κ1) is 12.8. The summed E-state index contributed by atoms with van der Waals surface area (Å²) in [6.07, 6.45) is 7.53. The Morgan fingerprint density at radius 1 is 1.12 bits per heavy atom. The highest BCUT2D eigenvalue weighted by Crippen LogP contribution is 2.27. The lowest BCUT2D eigenvalue weighted by molar-refractivity contribution is -0.120. The maximum Gasteiger partial charge on any atom is 0.233 e. The lowest BCUT2D eigenvalue weighted by atomic mass is 10.1. The molecule has 0 spiro atoms. The van der Waals surface area contributed by atoms with Crippen LogP contribution in [0.4, 0.5) is 0 Å². The normalized spacial score (nSPS) is 29.7. The van der Waals surface area contributed by atoms with Gasteiger partial charge in [-0.3, -0.25) is 4.79 Å². The summed E-state index contributed by atoms with van der Waals surface area (Å²) in [5.41, 5.74) is 0. The molecule has 4 nitrogen and oxygen atoms in total. The van der Waals surface area contributed by atoms with Crippen molar-refractivity contribution >= 4 is 5.91 Å². The molecule has 0 aromatic heterocycles. The summed E-state index contributed by atoms with van der Waals surface area (Å²) >= 11 is 0. The average Bonchev–Trinajstić information content (AvgIpc) is 3.12. The molecule has 2 unspecified atom stereocenters. The van der Waals surface area contributed by atoms with Crippen molar-refractivity contribution in [3.63, 3.8) is 0 Å². The fourth-order valence-corrected chi connectivity index (χ4v) is 2.39. The molecule has 3 N–H and O–H groups in total. The Kier molecular flexibility index (Phi) is 4.80. The predicted octanol–water partition coefficient (Wildman–Crippen LogP) is 0.796. The summed E-state index contributed by atoms with van der Waals surface area (Å²) in [6, 6.07) is 0.101. The molecule has 0 aliphatic heterocycles. The highest BCUT2D eigenvalue weighted by atomic mass is 16.3. The standard InChI is InChI=1S/C13H24N2O2/c16-12-5-3-1-2-4-11(12)14-9-13(17)15-8-10-6-7-10/h10-12,14,16H,1-9H2,(H,15,17). The first-order chi connectivity index (χ1) is 8.25. The molecule has 4 heteroatoms. The van der Waals surface area contributed by atoms with Crippen LogP contribution in [0.1, 0.15) is 44.9 Å². The molecule has 2 aliphatic carbocycles. The molecule has 0 bridgehead atoms. The van der Waals surface area contributed by atoms with Crippen molar-refractivity contribution < 1.29 is 9.90 Å². The summed E-state index contributed by atoms with van der Waals surface area (Å²) < 4.78 is 0. The van der Waals surface area contributed by atoms with E-state index in [-0.39, 0.29) is 18.1 Å². The molecular formula is C13H24N2O2. The molecule has 2 aliphatic rings. The predicted molar refractivity (Wildman–Crippen MR) is 66.6 cm³/mol. The summed E-state index contributed by atoms with van der Waals surface area (Å²) in [5, 5.41) is 16.0. The summed E-state index contributed by atoms with van der Waals surface area (Å²) in [4.78, 5) is 11.6. The minimum absolute atomic E-state index is 0.0633. The number of amides is 1. The highest BCUT2D eigenvalue weighted by Gasteiger charge is 2.23. The average molecular weight is 240 g/mol. The van der Waals surface area contributed by atoms with Crippen LogP contribution in [-0.2, 0) is 4.79 Å². The number of aliphatic hydroxyl groups excluding tert-OH is 1. The number of aliphatic hydroxyl groups is 1. The van der Waals surface area contributed by atoms with Gasteiger partial charge in [-0.25, -0.2) is 0 Å². The van der Waals surface area contributed by atoms with E-state index in [2.05, 4.69) is 10.6 Å². The first-order valence-electron chi connectivity index (χ1n) is 6.94. The Bertz CT molecular complexity index is 254. The van der Waals surface area contributed by atoms with Gasteiger partial charge >= 0.3 is 0 Å². The topological polar surface area (TPSA) is 61.4 Å². The van der Waals surface area contributed by atoms with Gasteiger partial charge < -0.3 is 15.7 Å². The van der Waals surface area contributed by atoms with Crippen LogP contribution in [0.2, 0.25) is 0 Å². The monoisotopic (exact) mass is 240 g/mol. The van der Waals surface area contributed by atoms with E-state index in [1.165, 1.54) is 19.3 Å². The SMILES string of the molecule is O=C(CNC1CCCCCC1O)NCC1CC1. The van der Waals surface area contributed by atoms with Gasteiger partial charge in [0.1, 0.15) is 0 Å². The van der Waals surface area contributed by atoms with Gasteiger partial charge in [0.15, 0.2) is 0 Å². The third-order valence-corrected chi connectivity index (χ3v) is 3.79. The lowest BCUT2D eigenvalue weighted by Gasteiger charge is -2.21. The number of nitrogens with one attached hydrogen (secondary N) is 2. The van der Waals surface area contributed by atoms with Crippen molar-refractivity contribution in [1.29, 1.82) is 0 Å². The molecule has 1 amide bonds. The van der Waals surface area contributed by atoms with Crippen molar-refractivity contribution in [3.8, 4) is 0 Å². The van der Waals surface area contributed by atoms with Gasteiger partial charge in [-0.15, -0.1) is 0 Å². The van der Waals surface area contributed by atoms with Gasteiger partial charge in [-0.1, -0.05) is 19.3 Å². The van der Waals surface area contributed by atoms with Crippen LogP contribution in [0, 0.1) is 5.92 Å². The Morgan fingerprint density at radius 3 is 2.65 bits per heavy atom. The summed E-state index contributed by atoms with van der Waals surface area (Å²) in [7, 11) is 0. The fourth-order valence-electron chi connectivity index (χ4n) is 2.39. The van der Waals surface area contributed by atoms with Crippen LogP contribution in [-0.4, -0.2) is 36.2 Å². The van der Waals surface area contributed by atoms with Crippen molar-refractivity contribution in [2.45, 2.75) is 57.1 Å². The fraction of sp³-hybridized carbons (Fsp3) is 0.923. The highest BCUT2D eigenvalue weighted by molar-refractivity contribution is 5.78. The Labute approximate surface area is 103 Å². The van der Waals surface area contributed by atoms with E-state index >= 15 is 0 Å². The second-order valence-corrected chi connectivity index (χ2v) is 5.44. The molecule has 17 heavy (non-hydrogen) atoms. The van der Waals surface area contributed by atoms with Crippen LogP contribution >= 0.6 is 0 Å². The molecule has 2 fully saturated rings. The zero-order valence-electron chi connectivity index (χ0n) is 10.5. The van der Waals surface area contributed by atoms with E-state index in [0.717, 1.165) is 38.1 Å². The lowest BCUT2D eigenvalue weighted by Crippen LogP contribution is -2.44. The van der Waals surface area contributed by atoms with E-state index < -0.39 is 0 Å². The third-order valence-electron chi connectivity index (χ3n) is 3.79. The van der Waals surface area contributed by atoms with E-state index in [0.29, 0.717) is 6.54 Å². The van der Waals surface area contributed by atoms with Gasteiger partial charge in [0.2, 0.25) is 5.91 Å². The van der Waals surface area contributed by atoms with Crippen molar-refractivity contribution in [1.82, 2.24) is 10.6 Å². The minimum Gasteiger partial charge on any atom is -0.392 e. The van der Waals surface area contributed by atoms with Gasteiger partial charge in [0.25, 0.3) is 0 Å². The van der Waals surface area contributed by atoms with E-state index in [1.807, 2.05) is 0 Å². The van der Waals surface area contributed by atoms with E-state index in [9.17, 15) is 9.90 Å². The van der Waals surface area contributed by atoms with Crippen molar-refractivity contribution in [2.24, 2.45) is 5.92 Å². The van der Waals surface area contributed by atoms with Gasteiger partial charge in [-0.05, 0) is 31.6 Å². The molecular weight excluding hydrogens is 216 g/mol. The third kappa shape index (κ3) is 4.64. The maximum absolute atomic E-state index is 11.6. The molecule has 2 rings (SSSR count). The van der Waals surface area contributed by atoms with Crippen LogP contribution in [0.25, 0.3) is 0 Å². The number of hydrogen-bond donors (Lipinski definition) is 3. The smallest absolute Gasteiger partial charge is 0.233 e. The van der Waals surface area contributed by atoms with Gasteiger partial charge in [0, 0.05) is 12.6 Å². The van der Waals surface area contributed by atoms with Crippen molar-refractivity contribution in [3.05, 3.63) is 0 Å². The Balaban J connectivity index is 1.62. The van der Waals surface area contributed by atoms with Crippen LogP contribution in [0.15, 0.2) is 0 Å². The molecule has 0 heterocycles. The summed E-state index contributed by atoms with van der Waals surface area (Å²) in [6.45, 7) is 1.17. The quantitative estimate of drug-likeness (QED) is 0.623. The molecule has 0 saturated heterocycles. The first-order valence-corrected chi connectivity index (χ1v) is 6.94. The zero-order valence-corrected chi connectivity index (χ0v) is 10.5. The molecule has 2 saturated carbocycles. The molecule has 0 radical (unpaired) electrons. The van der Waals surface area contributed by atoms with E-state index in [4.69, 9.17) is 0 Å². The largest absolute Gasteiger partial charge is 0.392 e. The Hall–Kier alpha value is -0.610. The number of hydrogen-bond acceptors (Lipinski definition) is 3. The zero-order chi connectivity index (χ0) is 12.1. The molecule has 0 aromatic rings. The van der Waals surface area contributed by atoms with Crippen LogP contribution in [0.5, 0.6) is 0 Å². The van der Waals surface area contributed by atoms with Crippen molar-refractivity contribution in [2.75, 3.05) is 13.1 Å². The number of rotatable bonds is 5. The number of carbonyl (C=O) groups excluding carboxylic acids is 1. The Morgan fingerprint density at radius 2 is 1.88 bits per heavy atom. The minimum atomic E-state index is -0.284. The van der Waals surface area contributed by atoms with Gasteiger partial charge in [0.05, 0.1) is 12.6 Å². The van der Waals surface area contributed by atoms with Crippen LogP contribution in [0.3, 0.4) is 0 Å². The molecule has 98 valence electrons. The molecule has 2 atom stereocenters.